The van der Waals surface area contributed by atoms with Crippen LogP contribution in [0, 0.1) is 5.41 Å². The van der Waals surface area contributed by atoms with E-state index in [9.17, 15) is 23.1 Å². The number of phenolic OH excluding ortho intramolecular Hbond substituents is 1. The van der Waals surface area contributed by atoms with Crippen molar-refractivity contribution in [3.8, 4) is 5.75 Å². The molecule has 2 aromatic rings. The van der Waals surface area contributed by atoms with Gasteiger partial charge in [-0.3, -0.25) is 14.3 Å². The summed E-state index contributed by atoms with van der Waals surface area (Å²) >= 11 is 0. The first-order valence-corrected chi connectivity index (χ1v) is 17.5. The molecule has 0 aliphatic rings. The Labute approximate surface area is 266 Å². The molecule has 0 atom stereocenters. The number of phenols is 1. The smallest absolute Gasteiger partial charge is 0.262 e. The number of benzene rings is 2. The zero-order chi connectivity index (χ0) is 33.6. The lowest BCUT2D eigenvalue weighted by molar-refractivity contribution is -0.123. The van der Waals surface area contributed by atoms with E-state index in [1.165, 1.54) is 12.1 Å². The lowest BCUT2D eigenvalue weighted by atomic mass is 9.89. The molecule has 0 aliphatic carbocycles. The number of unbranched alkanes of at least 4 members (excludes halogenated alkanes) is 2. The van der Waals surface area contributed by atoms with Crippen molar-refractivity contribution in [2.24, 2.45) is 5.41 Å². The fourth-order valence-corrected chi connectivity index (χ4v) is 6.59. The van der Waals surface area contributed by atoms with Crippen LogP contribution >= 0.6 is 0 Å². The molecule has 0 spiro atoms. The van der Waals surface area contributed by atoms with Crippen LogP contribution in [0.4, 0.5) is 11.4 Å². The first kappa shape index (κ1) is 37.1. The SMILES string of the molecule is CCCCN(CCCC)C(=O)c1cc(NS(=O)(=O)c2c(C(C)C)cc(C(C)C)cc2C(C)C)cc(NC(=O)C(C)(C)C)c1O. The van der Waals surface area contributed by atoms with E-state index in [4.69, 9.17) is 0 Å². The number of carbonyl (C=O) groups is 2. The van der Waals surface area contributed by atoms with Gasteiger partial charge in [-0.05, 0) is 59.4 Å². The first-order valence-electron chi connectivity index (χ1n) is 16.0. The molecule has 0 aliphatic heterocycles. The largest absolute Gasteiger partial charge is 0.505 e. The van der Waals surface area contributed by atoms with Crippen molar-refractivity contribution in [3.63, 3.8) is 0 Å². The zero-order valence-electron chi connectivity index (χ0n) is 28.7. The molecule has 3 N–H and O–H groups in total. The van der Waals surface area contributed by atoms with Crippen molar-refractivity contribution >= 4 is 33.2 Å². The number of sulfonamides is 1. The van der Waals surface area contributed by atoms with E-state index in [2.05, 4.69) is 23.9 Å². The predicted molar refractivity (Wildman–Crippen MR) is 181 cm³/mol. The third-order valence-corrected chi connectivity index (χ3v) is 9.23. The number of nitrogens with one attached hydrogen (secondary N) is 2. The lowest BCUT2D eigenvalue weighted by Crippen LogP contribution is -2.33. The molecular formula is C35H55N3O5S. The van der Waals surface area contributed by atoms with Crippen LogP contribution < -0.4 is 10.0 Å². The summed E-state index contributed by atoms with van der Waals surface area (Å²) in [6.07, 6.45) is 3.36. The van der Waals surface area contributed by atoms with Crippen molar-refractivity contribution in [1.29, 1.82) is 0 Å². The molecule has 0 bridgehead atoms. The summed E-state index contributed by atoms with van der Waals surface area (Å²) < 4.78 is 31.2. The van der Waals surface area contributed by atoms with Gasteiger partial charge in [0.25, 0.3) is 15.9 Å². The molecule has 2 aromatic carbocycles. The van der Waals surface area contributed by atoms with Gasteiger partial charge >= 0.3 is 0 Å². The van der Waals surface area contributed by atoms with Gasteiger partial charge in [-0.25, -0.2) is 8.42 Å². The molecule has 0 heterocycles. The van der Waals surface area contributed by atoms with Gasteiger partial charge in [0, 0.05) is 18.5 Å². The maximum Gasteiger partial charge on any atom is 0.262 e. The first-order chi connectivity index (χ1) is 20.3. The average molecular weight is 630 g/mol. The average Bonchev–Trinajstić information content (AvgIpc) is 2.92. The summed E-state index contributed by atoms with van der Waals surface area (Å²) in [5, 5.41) is 14.0. The number of rotatable bonds is 14. The highest BCUT2D eigenvalue weighted by Crippen LogP contribution is 2.38. The second kappa shape index (κ2) is 15.3. The monoisotopic (exact) mass is 629 g/mol. The van der Waals surface area contributed by atoms with Gasteiger partial charge in [0.05, 0.1) is 21.8 Å². The maximum atomic E-state index is 14.3. The predicted octanol–water partition coefficient (Wildman–Crippen LogP) is 8.59. The van der Waals surface area contributed by atoms with Crippen LogP contribution in [-0.2, 0) is 14.8 Å². The Kier molecular flexibility index (Phi) is 12.9. The van der Waals surface area contributed by atoms with Crippen LogP contribution in [0.2, 0.25) is 0 Å². The Morgan fingerprint density at radius 3 is 1.75 bits per heavy atom. The van der Waals surface area contributed by atoms with E-state index in [0.717, 1.165) is 31.2 Å². The van der Waals surface area contributed by atoms with Crippen LogP contribution in [0.25, 0.3) is 0 Å². The minimum Gasteiger partial charge on any atom is -0.505 e. The second-order valence-corrected chi connectivity index (χ2v) is 15.3. The minimum absolute atomic E-state index is 0.0253. The van der Waals surface area contributed by atoms with E-state index in [-0.39, 0.29) is 51.2 Å². The summed E-state index contributed by atoms with van der Waals surface area (Å²) in [4.78, 5) is 28.7. The van der Waals surface area contributed by atoms with Gasteiger partial charge in [-0.2, -0.15) is 0 Å². The highest BCUT2D eigenvalue weighted by atomic mass is 32.2. The molecule has 8 nitrogen and oxygen atoms in total. The van der Waals surface area contributed by atoms with Crippen LogP contribution in [0.5, 0.6) is 5.75 Å². The van der Waals surface area contributed by atoms with Gasteiger partial charge in [0.15, 0.2) is 5.75 Å². The molecule has 0 fully saturated rings. The molecule has 2 rings (SSSR count). The number of nitrogens with zero attached hydrogens (tertiary/aromatic N) is 1. The fourth-order valence-electron chi connectivity index (χ4n) is 4.85. The zero-order valence-corrected chi connectivity index (χ0v) is 29.5. The van der Waals surface area contributed by atoms with Crippen molar-refractivity contribution in [2.45, 2.75) is 124 Å². The summed E-state index contributed by atoms with van der Waals surface area (Å²) in [6, 6.07) is 6.69. The summed E-state index contributed by atoms with van der Waals surface area (Å²) in [7, 11) is -4.15. The number of amides is 2. The molecule has 0 saturated heterocycles. The van der Waals surface area contributed by atoms with Crippen LogP contribution in [0.3, 0.4) is 0 Å². The molecular weight excluding hydrogens is 574 g/mol. The van der Waals surface area contributed by atoms with E-state index >= 15 is 0 Å². The van der Waals surface area contributed by atoms with Gasteiger partial charge in [-0.1, -0.05) is 101 Å². The summed E-state index contributed by atoms with van der Waals surface area (Å²) in [6.45, 7) is 22.4. The van der Waals surface area contributed by atoms with Crippen molar-refractivity contribution in [1.82, 2.24) is 4.90 Å². The fraction of sp³-hybridized carbons (Fsp3) is 0.600. The Hall–Kier alpha value is -3.07. The Bertz CT molecular complexity index is 1390. The molecule has 0 radical (unpaired) electrons. The molecule has 0 unspecified atom stereocenters. The standard InChI is InChI=1S/C35H55N3O5S/c1-12-14-16-38(17-15-13-2)33(40)29-20-26(21-30(31(29)39)36-34(41)35(9,10)11)37-44(42,43)32-27(23(5)6)18-25(22(3)4)19-28(32)24(7)8/h18-24,37,39H,12-17H2,1-11H3,(H,36,41). The molecule has 44 heavy (non-hydrogen) atoms. The molecule has 9 heteroatoms. The number of hydrogen-bond donors (Lipinski definition) is 3. The van der Waals surface area contributed by atoms with Crippen molar-refractivity contribution < 1.29 is 23.1 Å². The molecule has 246 valence electrons. The third-order valence-electron chi connectivity index (χ3n) is 7.72. The van der Waals surface area contributed by atoms with Gasteiger partial charge in [0.2, 0.25) is 5.91 Å². The van der Waals surface area contributed by atoms with E-state index in [1.807, 2.05) is 53.7 Å². The highest BCUT2D eigenvalue weighted by molar-refractivity contribution is 7.92. The number of aromatic hydroxyl groups is 1. The Balaban J connectivity index is 2.80. The van der Waals surface area contributed by atoms with Crippen LogP contribution in [0.15, 0.2) is 29.2 Å². The minimum atomic E-state index is -4.15. The lowest BCUT2D eigenvalue weighted by Gasteiger charge is -2.25. The van der Waals surface area contributed by atoms with E-state index < -0.39 is 21.3 Å². The van der Waals surface area contributed by atoms with Gasteiger partial charge < -0.3 is 15.3 Å². The molecule has 0 saturated carbocycles. The molecule has 2 amide bonds. The maximum absolute atomic E-state index is 14.3. The summed E-state index contributed by atoms with van der Waals surface area (Å²) in [5.41, 5.74) is 1.70. The summed E-state index contributed by atoms with van der Waals surface area (Å²) in [5.74, 6) is -1.10. The topological polar surface area (TPSA) is 116 Å². The van der Waals surface area contributed by atoms with Crippen molar-refractivity contribution in [2.75, 3.05) is 23.1 Å². The van der Waals surface area contributed by atoms with E-state index in [0.29, 0.717) is 24.2 Å². The van der Waals surface area contributed by atoms with Crippen LogP contribution in [-0.4, -0.2) is 43.3 Å². The number of anilines is 2. The second-order valence-electron chi connectivity index (χ2n) is 13.7. The Morgan fingerprint density at radius 2 is 1.34 bits per heavy atom. The van der Waals surface area contributed by atoms with Gasteiger partial charge in [-0.15, -0.1) is 0 Å². The van der Waals surface area contributed by atoms with Crippen molar-refractivity contribution in [3.05, 3.63) is 46.5 Å². The number of hydrogen-bond acceptors (Lipinski definition) is 5. The van der Waals surface area contributed by atoms with E-state index in [1.54, 1.807) is 25.7 Å². The normalized spacial score (nSPS) is 12.2. The molecule has 0 aromatic heterocycles. The van der Waals surface area contributed by atoms with Gasteiger partial charge in [0.1, 0.15) is 0 Å². The highest BCUT2D eigenvalue weighted by Gasteiger charge is 2.30. The third kappa shape index (κ3) is 9.22. The Morgan fingerprint density at radius 1 is 0.841 bits per heavy atom. The quantitative estimate of drug-likeness (QED) is 0.143. The van der Waals surface area contributed by atoms with Crippen LogP contribution in [0.1, 0.15) is 147 Å². The number of carbonyl (C=O) groups excluding carboxylic acids is 2.